The number of alkyl halides is 3. The highest BCUT2D eigenvalue weighted by atomic mass is 32.1. The molecule has 0 spiro atoms. The molecule has 2 aromatic heterocycles. The van der Waals surface area contributed by atoms with Gasteiger partial charge in [0.25, 0.3) is 0 Å². The maximum absolute atomic E-state index is 13.6. The molecule has 2 aliphatic heterocycles. The van der Waals surface area contributed by atoms with E-state index >= 15 is 0 Å². The van der Waals surface area contributed by atoms with Gasteiger partial charge in [-0.2, -0.15) is 18.3 Å². The van der Waals surface area contributed by atoms with Crippen LogP contribution in [0.5, 0.6) is 11.5 Å². The maximum Gasteiger partial charge on any atom is 0.443 e. The van der Waals surface area contributed by atoms with Crippen LogP contribution in [0.25, 0.3) is 11.3 Å². The summed E-state index contributed by atoms with van der Waals surface area (Å²) in [6.45, 7) is 7.41. The molecule has 4 heterocycles. The Kier molecular flexibility index (Phi) is 6.27. The molecule has 1 aromatic carbocycles. The summed E-state index contributed by atoms with van der Waals surface area (Å²) in [5, 5.41) is 3.76. The highest BCUT2D eigenvalue weighted by Gasteiger charge is 2.38. The van der Waals surface area contributed by atoms with Gasteiger partial charge in [0.1, 0.15) is 42.1 Å². The highest BCUT2D eigenvalue weighted by Crippen LogP contribution is 2.45. The minimum atomic E-state index is -4.57. The van der Waals surface area contributed by atoms with Crippen LogP contribution in [0, 0.1) is 13.8 Å². The number of benzene rings is 1. The van der Waals surface area contributed by atoms with Crippen LogP contribution in [0.2, 0.25) is 0 Å². The van der Waals surface area contributed by atoms with Crippen LogP contribution in [-0.2, 0) is 17.5 Å². The van der Waals surface area contributed by atoms with Crippen molar-refractivity contribution in [3.05, 3.63) is 34.9 Å². The number of fused-ring (bicyclic) bond motifs is 1. The number of aryl methyl sites for hydroxylation is 2. The van der Waals surface area contributed by atoms with Crippen molar-refractivity contribution in [1.29, 1.82) is 0 Å². The zero-order valence-electron chi connectivity index (χ0n) is 20.0. The van der Waals surface area contributed by atoms with E-state index in [2.05, 4.69) is 15.1 Å². The average Bonchev–Trinajstić information content (AvgIpc) is 3.42. The van der Waals surface area contributed by atoms with Gasteiger partial charge in [0.05, 0.1) is 0 Å². The zero-order chi connectivity index (χ0) is 25.6. The highest BCUT2D eigenvalue weighted by molar-refractivity contribution is 7.16. The molecule has 1 unspecified atom stereocenters. The van der Waals surface area contributed by atoms with Gasteiger partial charge in [0.2, 0.25) is 10.9 Å². The van der Waals surface area contributed by atoms with Crippen LogP contribution in [0.1, 0.15) is 23.6 Å². The van der Waals surface area contributed by atoms with Crippen molar-refractivity contribution in [2.75, 3.05) is 37.7 Å². The number of nitrogens with zero attached hydrogens (tertiary/aromatic N) is 6. The van der Waals surface area contributed by atoms with E-state index in [1.807, 2.05) is 11.8 Å². The molecule has 3 aromatic rings. The van der Waals surface area contributed by atoms with Crippen LogP contribution >= 0.6 is 11.3 Å². The van der Waals surface area contributed by atoms with Crippen molar-refractivity contribution in [2.24, 2.45) is 0 Å². The molecule has 0 bridgehead atoms. The van der Waals surface area contributed by atoms with Crippen LogP contribution in [-0.4, -0.2) is 69.4 Å². The lowest BCUT2D eigenvalue weighted by Crippen LogP contribution is -2.54. The number of anilines is 1. The van der Waals surface area contributed by atoms with Gasteiger partial charge in [0, 0.05) is 31.2 Å². The third-order valence-electron chi connectivity index (χ3n) is 6.15. The van der Waals surface area contributed by atoms with Gasteiger partial charge in [-0.1, -0.05) is 11.3 Å². The molecule has 13 heteroatoms. The van der Waals surface area contributed by atoms with Gasteiger partial charge in [-0.3, -0.25) is 4.79 Å². The zero-order valence-corrected chi connectivity index (χ0v) is 20.8. The van der Waals surface area contributed by atoms with Crippen LogP contribution in [0.15, 0.2) is 18.2 Å². The Balaban J connectivity index is 1.39. The van der Waals surface area contributed by atoms with Gasteiger partial charge >= 0.3 is 6.18 Å². The van der Waals surface area contributed by atoms with E-state index in [0.717, 1.165) is 0 Å². The summed E-state index contributed by atoms with van der Waals surface area (Å²) in [5.74, 6) is 2.17. The number of carbonyl (C=O) groups is 1. The first-order valence-electron chi connectivity index (χ1n) is 11.5. The van der Waals surface area contributed by atoms with Gasteiger partial charge in [-0.25, -0.2) is 14.6 Å². The number of hydrogen-bond acceptors (Lipinski definition) is 8. The molecule has 2 aliphatic rings. The van der Waals surface area contributed by atoms with E-state index in [4.69, 9.17) is 9.47 Å². The Labute approximate surface area is 209 Å². The normalized spacial score (nSPS) is 18.0. The topological polar surface area (TPSA) is 85.6 Å². The van der Waals surface area contributed by atoms with Crippen LogP contribution in [0.4, 0.5) is 18.2 Å². The third-order valence-corrected chi connectivity index (χ3v) is 7.31. The summed E-state index contributed by atoms with van der Waals surface area (Å²) in [6, 6.07) is 4.82. The fourth-order valence-electron chi connectivity index (χ4n) is 4.47. The number of piperazine rings is 1. The number of ether oxygens (including phenoxy) is 2. The largest absolute Gasteiger partial charge is 0.486 e. The van der Waals surface area contributed by atoms with E-state index in [9.17, 15) is 18.0 Å². The number of amides is 1. The average molecular weight is 523 g/mol. The number of thiazole rings is 1. The molecular weight excluding hydrogens is 497 g/mol. The SMILES string of the molecule is Cc1nc(C)n(CC(=O)N2CCN(c3sc(C(F)(F)F)nc3-c3ccc4c(c3)OCCO4)CC2C)n1. The maximum atomic E-state index is 13.6. The molecular formula is C23H25F3N6O3S. The Morgan fingerprint density at radius 2 is 1.89 bits per heavy atom. The summed E-state index contributed by atoms with van der Waals surface area (Å²) >= 11 is 0.616. The Hall–Kier alpha value is -3.35. The summed E-state index contributed by atoms with van der Waals surface area (Å²) in [7, 11) is 0. The first kappa shape index (κ1) is 24.3. The Bertz CT molecular complexity index is 1290. The summed E-state index contributed by atoms with van der Waals surface area (Å²) < 4.78 is 53.6. The molecule has 1 atom stereocenters. The first-order chi connectivity index (χ1) is 17.1. The van der Waals surface area contributed by atoms with E-state index in [-0.39, 0.29) is 24.2 Å². The molecule has 36 heavy (non-hydrogen) atoms. The Morgan fingerprint density at radius 3 is 2.56 bits per heavy atom. The molecule has 1 amide bonds. The predicted octanol–water partition coefficient (Wildman–Crippen LogP) is 3.55. The van der Waals surface area contributed by atoms with Crippen molar-refractivity contribution < 1.29 is 27.4 Å². The number of halogens is 3. The van der Waals surface area contributed by atoms with Gasteiger partial charge < -0.3 is 19.3 Å². The van der Waals surface area contributed by atoms with Gasteiger partial charge in [0.15, 0.2) is 11.5 Å². The lowest BCUT2D eigenvalue weighted by molar-refractivity contribution is -0.137. The quantitative estimate of drug-likeness (QED) is 0.518. The summed E-state index contributed by atoms with van der Waals surface area (Å²) in [5.41, 5.74) is 0.758. The van der Waals surface area contributed by atoms with Crippen LogP contribution in [0.3, 0.4) is 0 Å². The second-order valence-corrected chi connectivity index (χ2v) is 9.75. The third kappa shape index (κ3) is 4.71. The van der Waals surface area contributed by atoms with Crippen molar-refractivity contribution in [2.45, 2.75) is 39.5 Å². The minimum absolute atomic E-state index is 0.0677. The van der Waals surface area contributed by atoms with Crippen molar-refractivity contribution in [1.82, 2.24) is 24.6 Å². The molecule has 0 N–H and O–H groups in total. The molecule has 0 aliphatic carbocycles. The first-order valence-corrected chi connectivity index (χ1v) is 12.3. The van der Waals surface area contributed by atoms with Gasteiger partial charge in [-0.05, 0) is 39.0 Å². The lowest BCUT2D eigenvalue weighted by atomic mass is 10.1. The minimum Gasteiger partial charge on any atom is -0.486 e. The number of hydrogen-bond donors (Lipinski definition) is 0. The molecule has 9 nitrogen and oxygen atoms in total. The van der Waals surface area contributed by atoms with E-state index in [1.165, 1.54) is 0 Å². The van der Waals surface area contributed by atoms with Crippen molar-refractivity contribution in [3.8, 4) is 22.8 Å². The molecule has 0 saturated carbocycles. The molecule has 5 rings (SSSR count). The van der Waals surface area contributed by atoms with E-state index < -0.39 is 11.2 Å². The van der Waals surface area contributed by atoms with Crippen LogP contribution < -0.4 is 14.4 Å². The predicted molar refractivity (Wildman–Crippen MR) is 126 cm³/mol. The molecule has 0 radical (unpaired) electrons. The second-order valence-electron chi connectivity index (χ2n) is 8.78. The number of aromatic nitrogens is 4. The van der Waals surface area contributed by atoms with E-state index in [1.54, 1.807) is 41.6 Å². The fourth-order valence-corrected chi connectivity index (χ4v) is 5.46. The lowest BCUT2D eigenvalue weighted by Gasteiger charge is -2.40. The standard InChI is InChI=1S/C23H25F3N6O3S/c1-13-11-30(6-7-31(13)19(33)12-32-15(3)27-14(2)29-32)21-20(28-22(36-21)23(24,25)26)16-4-5-17-18(10-16)35-9-8-34-17/h4-5,10,13H,6-9,11-12H2,1-3H3. The molecule has 192 valence electrons. The number of rotatable bonds is 4. The monoisotopic (exact) mass is 522 g/mol. The van der Waals surface area contributed by atoms with Crippen molar-refractivity contribution >= 4 is 22.2 Å². The molecule has 1 fully saturated rings. The van der Waals surface area contributed by atoms with E-state index in [0.29, 0.717) is 77.9 Å². The van der Waals surface area contributed by atoms with Crippen molar-refractivity contribution in [3.63, 3.8) is 0 Å². The number of carbonyl (C=O) groups excluding carboxylic acids is 1. The summed E-state index contributed by atoms with van der Waals surface area (Å²) in [4.78, 5) is 24.8. The Morgan fingerprint density at radius 1 is 1.14 bits per heavy atom. The van der Waals surface area contributed by atoms with Gasteiger partial charge in [-0.15, -0.1) is 0 Å². The second kappa shape index (κ2) is 9.26. The summed E-state index contributed by atoms with van der Waals surface area (Å²) in [6.07, 6.45) is -4.57. The fraction of sp³-hybridized carbons (Fsp3) is 0.478. The smallest absolute Gasteiger partial charge is 0.443 e. The molecule has 1 saturated heterocycles.